The fourth-order valence-corrected chi connectivity index (χ4v) is 6.49. The van der Waals surface area contributed by atoms with Crippen LogP contribution in [0.2, 0.25) is 0 Å². The van der Waals surface area contributed by atoms with Gasteiger partial charge in [0, 0.05) is 39.8 Å². The molecule has 0 radical (unpaired) electrons. The number of hydrogen-bond donors (Lipinski definition) is 1. The highest BCUT2D eigenvalue weighted by atomic mass is 19.4. The zero-order valence-corrected chi connectivity index (χ0v) is 24.7. The minimum atomic E-state index is -4.78. The van der Waals surface area contributed by atoms with E-state index in [-0.39, 0.29) is 24.0 Å². The number of nitrogens with one attached hydrogen (secondary N) is 1. The number of rotatable bonds is 9. The van der Waals surface area contributed by atoms with Crippen LogP contribution in [-0.2, 0) is 38.1 Å². The zero-order valence-electron chi connectivity index (χ0n) is 24.7. The Labute approximate surface area is 249 Å². The van der Waals surface area contributed by atoms with E-state index in [0.29, 0.717) is 52.2 Å². The second kappa shape index (κ2) is 12.7. The number of halogens is 3. The lowest BCUT2D eigenvalue weighted by Gasteiger charge is -2.45. The van der Waals surface area contributed by atoms with Crippen molar-refractivity contribution in [1.29, 1.82) is 0 Å². The van der Waals surface area contributed by atoms with Gasteiger partial charge in [0.25, 0.3) is 5.91 Å². The molecule has 2 aromatic rings. The van der Waals surface area contributed by atoms with Crippen LogP contribution in [0.25, 0.3) is 0 Å². The Kier molecular flexibility index (Phi) is 9.17. The van der Waals surface area contributed by atoms with E-state index in [1.54, 1.807) is 12.0 Å². The molecule has 1 aromatic heterocycles. The predicted octanol–water partition coefficient (Wildman–Crippen LogP) is 3.29. The Morgan fingerprint density at radius 1 is 1.05 bits per heavy atom. The molecule has 3 amide bonds. The number of nitrogens with zero attached hydrogens (tertiary/aromatic N) is 3. The zero-order chi connectivity index (χ0) is 30.9. The van der Waals surface area contributed by atoms with E-state index in [1.807, 2.05) is 38.1 Å². The van der Waals surface area contributed by atoms with Crippen LogP contribution in [0.1, 0.15) is 49.0 Å². The number of amides is 3. The van der Waals surface area contributed by atoms with Gasteiger partial charge >= 0.3 is 6.18 Å². The van der Waals surface area contributed by atoms with Crippen LogP contribution in [0.3, 0.4) is 0 Å². The summed E-state index contributed by atoms with van der Waals surface area (Å²) in [6.07, 6.45) is -3.42. The lowest BCUT2D eigenvalue weighted by molar-refractivity contribution is -0.163. The van der Waals surface area contributed by atoms with Gasteiger partial charge in [0.2, 0.25) is 17.6 Å². The van der Waals surface area contributed by atoms with Gasteiger partial charge in [0.05, 0.1) is 6.61 Å². The lowest BCUT2D eigenvalue weighted by Crippen LogP contribution is -2.67. The topological polar surface area (TPSA) is 95.3 Å². The van der Waals surface area contributed by atoms with Crippen LogP contribution in [-0.4, -0.2) is 90.9 Å². The molecule has 5 rings (SSSR count). The van der Waals surface area contributed by atoms with Gasteiger partial charge in [-0.25, -0.2) is 0 Å². The summed E-state index contributed by atoms with van der Waals surface area (Å²) in [5.41, 5.74) is 2.18. The second-order valence-electron chi connectivity index (χ2n) is 12.1. The summed E-state index contributed by atoms with van der Waals surface area (Å²) < 4.78 is 51.4. The molecule has 3 atom stereocenters. The van der Waals surface area contributed by atoms with Crippen molar-refractivity contribution >= 4 is 17.7 Å². The monoisotopic (exact) mass is 604 g/mol. The first-order valence-electron chi connectivity index (χ1n) is 14.8. The molecule has 43 heavy (non-hydrogen) atoms. The number of alkyl halides is 3. The summed E-state index contributed by atoms with van der Waals surface area (Å²) in [5, 5.41) is 2.92. The lowest BCUT2D eigenvalue weighted by atomic mass is 9.88. The molecule has 2 fully saturated rings. The number of benzene rings is 1. The highest BCUT2D eigenvalue weighted by Gasteiger charge is 2.51. The van der Waals surface area contributed by atoms with Gasteiger partial charge in [-0.15, -0.1) is 0 Å². The van der Waals surface area contributed by atoms with E-state index in [1.165, 1.54) is 4.90 Å². The highest BCUT2D eigenvalue weighted by molar-refractivity contribution is 6.00. The Hall–Kier alpha value is -3.38. The third-order valence-corrected chi connectivity index (χ3v) is 8.69. The van der Waals surface area contributed by atoms with Crippen LogP contribution in [0.5, 0.6) is 0 Å². The maximum atomic E-state index is 14.4. The van der Waals surface area contributed by atoms with Gasteiger partial charge in [-0.3, -0.25) is 19.3 Å². The van der Waals surface area contributed by atoms with Crippen molar-refractivity contribution in [2.24, 2.45) is 11.8 Å². The summed E-state index contributed by atoms with van der Waals surface area (Å²) in [6.45, 7) is 6.71. The van der Waals surface area contributed by atoms with Crippen LogP contribution in [0, 0.1) is 11.8 Å². The smallest absolute Gasteiger partial charge is 0.449 e. The number of piperazine rings is 2. The highest BCUT2D eigenvalue weighted by Crippen LogP contribution is 2.38. The number of carbonyl (C=O) groups excluding carboxylic acids is 3. The van der Waals surface area contributed by atoms with E-state index < -0.39 is 47.8 Å². The number of furan rings is 1. The summed E-state index contributed by atoms with van der Waals surface area (Å²) in [4.78, 5) is 47.3. The molecule has 3 aliphatic rings. The average Bonchev–Trinajstić information content (AvgIpc) is 3.63. The number of hydrogen-bond acceptors (Lipinski definition) is 6. The Balaban J connectivity index is 1.51. The standard InChI is InChI=1S/C31H39F3N4O5/c1-19(2)16-23-28(39)35-26(22-17-20-6-4-5-7-21(20)18-22)29(40)38(23)27(24-8-9-25(43-24)31(32,33)34)30(41)37-12-10-36(11-13-37)14-15-42-3/h4-9,19,22-23,26-27H,10-18H2,1-3H3,(H,35,39)/t23-,26?,27-/m1/s1. The Bertz CT molecular complexity index is 1300. The molecule has 0 spiro atoms. The quantitative estimate of drug-likeness (QED) is 0.472. The van der Waals surface area contributed by atoms with Crippen LogP contribution in [0.4, 0.5) is 13.2 Å². The third kappa shape index (κ3) is 6.59. The molecular weight excluding hydrogens is 565 g/mol. The fourth-order valence-electron chi connectivity index (χ4n) is 6.49. The third-order valence-electron chi connectivity index (χ3n) is 8.69. The number of ether oxygens (including phenoxy) is 1. The normalized spacial score (nSPS) is 22.7. The van der Waals surface area contributed by atoms with Crippen LogP contribution in [0.15, 0.2) is 40.8 Å². The molecule has 1 aromatic carbocycles. The van der Waals surface area contributed by atoms with Crippen molar-refractivity contribution in [2.45, 2.75) is 57.4 Å². The fraction of sp³-hybridized carbons (Fsp3) is 0.581. The summed E-state index contributed by atoms with van der Waals surface area (Å²) in [7, 11) is 1.61. The largest absolute Gasteiger partial charge is 0.454 e. The molecule has 1 aliphatic carbocycles. The Morgan fingerprint density at radius 2 is 1.70 bits per heavy atom. The second-order valence-corrected chi connectivity index (χ2v) is 12.1. The molecule has 2 saturated heterocycles. The first kappa shape index (κ1) is 31.1. The summed E-state index contributed by atoms with van der Waals surface area (Å²) >= 11 is 0. The van der Waals surface area contributed by atoms with E-state index in [9.17, 15) is 27.6 Å². The molecule has 0 bridgehead atoms. The molecule has 3 heterocycles. The summed E-state index contributed by atoms with van der Waals surface area (Å²) in [5.74, 6) is -3.31. The van der Waals surface area contributed by atoms with Gasteiger partial charge in [-0.1, -0.05) is 38.1 Å². The van der Waals surface area contributed by atoms with Gasteiger partial charge < -0.3 is 24.3 Å². The molecule has 9 nitrogen and oxygen atoms in total. The molecule has 234 valence electrons. The minimum Gasteiger partial charge on any atom is -0.454 e. The van der Waals surface area contributed by atoms with Crippen molar-refractivity contribution < 1.29 is 36.7 Å². The maximum Gasteiger partial charge on any atom is 0.449 e. The SMILES string of the molecule is COCCN1CCN(C(=O)[C@@H](c2ccc(C(F)(F)F)o2)N2C(=O)C(C3Cc4ccccc4C3)NC(=O)[C@H]2CC(C)C)CC1. The van der Waals surface area contributed by atoms with Gasteiger partial charge in [-0.2, -0.15) is 13.2 Å². The molecule has 1 unspecified atom stereocenters. The van der Waals surface area contributed by atoms with Gasteiger partial charge in [-0.05, 0) is 54.4 Å². The summed E-state index contributed by atoms with van der Waals surface area (Å²) in [6, 6.07) is 6.20. The number of methoxy groups -OCH3 is 1. The van der Waals surface area contributed by atoms with E-state index in [4.69, 9.17) is 9.15 Å². The molecular formula is C31H39F3N4O5. The maximum absolute atomic E-state index is 14.4. The van der Waals surface area contributed by atoms with Crippen LogP contribution < -0.4 is 5.32 Å². The molecule has 2 aliphatic heterocycles. The predicted molar refractivity (Wildman–Crippen MR) is 151 cm³/mol. The van der Waals surface area contributed by atoms with Crippen LogP contribution >= 0.6 is 0 Å². The van der Waals surface area contributed by atoms with Crippen molar-refractivity contribution in [2.75, 3.05) is 46.4 Å². The van der Waals surface area contributed by atoms with Gasteiger partial charge in [0.1, 0.15) is 17.8 Å². The van der Waals surface area contributed by atoms with E-state index in [0.717, 1.165) is 23.3 Å². The number of carbonyl (C=O) groups is 3. The van der Waals surface area contributed by atoms with E-state index in [2.05, 4.69) is 10.2 Å². The number of fused-ring (bicyclic) bond motifs is 1. The van der Waals surface area contributed by atoms with Crippen molar-refractivity contribution in [3.8, 4) is 0 Å². The van der Waals surface area contributed by atoms with Crippen molar-refractivity contribution in [3.05, 3.63) is 59.0 Å². The first-order valence-corrected chi connectivity index (χ1v) is 14.8. The first-order chi connectivity index (χ1) is 20.5. The van der Waals surface area contributed by atoms with Crippen molar-refractivity contribution in [3.63, 3.8) is 0 Å². The molecule has 1 N–H and O–H groups in total. The van der Waals surface area contributed by atoms with E-state index >= 15 is 0 Å². The van der Waals surface area contributed by atoms with Gasteiger partial charge in [0.15, 0.2) is 6.04 Å². The van der Waals surface area contributed by atoms with Crippen molar-refractivity contribution in [1.82, 2.24) is 20.0 Å². The Morgan fingerprint density at radius 3 is 2.26 bits per heavy atom. The average molecular weight is 605 g/mol. The molecule has 0 saturated carbocycles. The minimum absolute atomic E-state index is 0.0410. The molecule has 12 heteroatoms.